The molecule has 7 heteroatoms. The summed E-state index contributed by atoms with van der Waals surface area (Å²) in [7, 11) is 0. The third kappa shape index (κ3) is 3.67. The first-order valence-corrected chi connectivity index (χ1v) is 7.07. The van der Waals surface area contributed by atoms with Gasteiger partial charge in [-0.05, 0) is 41.8 Å². The molecule has 0 saturated carbocycles. The van der Waals surface area contributed by atoms with Crippen LogP contribution in [0.15, 0.2) is 48.8 Å². The molecule has 0 spiro atoms. The molecule has 0 atom stereocenters. The summed E-state index contributed by atoms with van der Waals surface area (Å²) in [6, 6.07) is 10.2. The molecule has 3 rings (SSSR count). The molecule has 0 fully saturated rings. The van der Waals surface area contributed by atoms with E-state index >= 15 is 0 Å². The van der Waals surface area contributed by atoms with Crippen LogP contribution in [0.4, 0.5) is 0 Å². The maximum Gasteiger partial charge on any atom is 1.00 e. The Balaban J connectivity index is 0.00000208. The van der Waals surface area contributed by atoms with E-state index < -0.39 is 5.97 Å². The van der Waals surface area contributed by atoms with Gasteiger partial charge >= 0.3 is 18.9 Å². The molecule has 1 amide bonds. The van der Waals surface area contributed by atoms with E-state index in [9.17, 15) is 14.7 Å². The number of imidazole rings is 1. The molecule has 24 heavy (non-hydrogen) atoms. The fourth-order valence-electron chi connectivity index (χ4n) is 2.30. The van der Waals surface area contributed by atoms with Crippen LogP contribution >= 0.6 is 0 Å². The van der Waals surface area contributed by atoms with E-state index in [-0.39, 0.29) is 36.9 Å². The van der Waals surface area contributed by atoms with Gasteiger partial charge < -0.3 is 19.6 Å². The zero-order valence-electron chi connectivity index (χ0n) is 13.4. The van der Waals surface area contributed by atoms with Crippen molar-refractivity contribution in [1.82, 2.24) is 14.7 Å². The fraction of sp³-hybridized carbons (Fsp3) is 0.118. The van der Waals surface area contributed by atoms with E-state index in [1.165, 1.54) is 12.1 Å². The number of rotatable bonds is 4. The number of fused-ring (bicyclic) bond motifs is 1. The second-order valence-electron chi connectivity index (χ2n) is 5.20. The van der Waals surface area contributed by atoms with Gasteiger partial charge in [0.2, 0.25) is 0 Å². The Morgan fingerprint density at radius 1 is 1.25 bits per heavy atom. The van der Waals surface area contributed by atoms with E-state index in [2.05, 4.69) is 10.3 Å². The molecule has 3 aromatic rings. The number of pyridine rings is 1. The summed E-state index contributed by atoms with van der Waals surface area (Å²) in [6.07, 6.45) is 3.46. The number of carboxylic acids is 1. The molecule has 0 aliphatic rings. The molecular weight excluding hydrogens is 301 g/mol. The zero-order valence-corrected chi connectivity index (χ0v) is 13.4. The van der Waals surface area contributed by atoms with Gasteiger partial charge in [-0.15, -0.1) is 0 Å². The van der Waals surface area contributed by atoms with Crippen molar-refractivity contribution in [2.75, 3.05) is 0 Å². The summed E-state index contributed by atoms with van der Waals surface area (Å²) in [5, 5.41) is 13.7. The smallest absolute Gasteiger partial charge is 0.545 e. The minimum atomic E-state index is -1.24. The minimum Gasteiger partial charge on any atom is -0.545 e. The number of carboxylic acid groups (broad SMARTS) is 1. The summed E-state index contributed by atoms with van der Waals surface area (Å²) in [5.41, 5.74) is 2.71. The number of hydrogen-bond donors (Lipinski definition) is 1. The molecule has 0 bridgehead atoms. The van der Waals surface area contributed by atoms with Gasteiger partial charge in [0.05, 0.1) is 5.97 Å². The van der Waals surface area contributed by atoms with E-state index in [4.69, 9.17) is 0 Å². The normalized spacial score (nSPS) is 10.2. The van der Waals surface area contributed by atoms with Crippen LogP contribution in [0.1, 0.15) is 32.0 Å². The first-order chi connectivity index (χ1) is 11.0. The van der Waals surface area contributed by atoms with Crippen LogP contribution in [0, 0.1) is 6.92 Å². The quantitative estimate of drug-likeness (QED) is 0.561. The third-order valence-corrected chi connectivity index (χ3v) is 3.62. The molecule has 0 saturated heterocycles. The van der Waals surface area contributed by atoms with Crippen molar-refractivity contribution < 1.29 is 33.6 Å². The van der Waals surface area contributed by atoms with Gasteiger partial charge in [0.15, 0.2) is 0 Å². The first-order valence-electron chi connectivity index (χ1n) is 7.07. The molecule has 6 nitrogen and oxygen atoms in total. The maximum absolute atomic E-state index is 12.2. The van der Waals surface area contributed by atoms with Gasteiger partial charge in [0, 0.05) is 18.9 Å². The average Bonchev–Trinajstić information content (AvgIpc) is 2.97. The molecule has 0 unspecified atom stereocenters. The monoisotopic (exact) mass is 315 g/mol. The molecule has 1 N–H and O–H groups in total. The van der Waals surface area contributed by atoms with Crippen molar-refractivity contribution in [3.63, 3.8) is 0 Å². The fourth-order valence-corrected chi connectivity index (χ4v) is 2.30. The van der Waals surface area contributed by atoms with Crippen LogP contribution in [0.2, 0.25) is 0 Å². The number of carbonyl (C=O) groups excluding carboxylic acids is 2. The summed E-state index contributed by atoms with van der Waals surface area (Å²) in [4.78, 5) is 27.4. The number of hydrogen-bond acceptors (Lipinski definition) is 4. The van der Waals surface area contributed by atoms with Crippen LogP contribution in [-0.4, -0.2) is 21.3 Å². The number of aryl methyl sites for hydroxylation is 1. The van der Waals surface area contributed by atoms with Gasteiger partial charge in [0.1, 0.15) is 11.3 Å². The SMILES string of the molecule is Cc1ccc(C(=O)[O-])cc1CNC(=O)c1cn2ccccc2n1.[Li+]. The molecule has 116 valence electrons. The zero-order chi connectivity index (χ0) is 16.4. The standard InChI is InChI=1S/C17H15N3O3.Li/c1-11-5-6-12(17(22)23)8-13(11)9-18-16(21)14-10-20-7-3-2-4-15(20)19-14;/h2-8,10H,9H2,1H3,(H,18,21)(H,22,23);/q;+1/p-1. The van der Waals surface area contributed by atoms with Crippen LogP contribution < -0.4 is 29.3 Å². The molecule has 0 radical (unpaired) electrons. The van der Waals surface area contributed by atoms with Gasteiger partial charge in [-0.3, -0.25) is 4.79 Å². The third-order valence-electron chi connectivity index (χ3n) is 3.62. The molecule has 0 aliphatic heterocycles. The van der Waals surface area contributed by atoms with Crippen LogP contribution in [-0.2, 0) is 6.54 Å². The minimum absolute atomic E-state index is 0. The summed E-state index contributed by atoms with van der Waals surface area (Å²) in [6.45, 7) is 2.07. The van der Waals surface area contributed by atoms with E-state index in [1.54, 1.807) is 16.7 Å². The summed E-state index contributed by atoms with van der Waals surface area (Å²) >= 11 is 0. The van der Waals surface area contributed by atoms with Crippen LogP contribution in [0.5, 0.6) is 0 Å². The van der Waals surface area contributed by atoms with Gasteiger partial charge in [0.25, 0.3) is 5.91 Å². The Hall–Kier alpha value is -2.55. The van der Waals surface area contributed by atoms with Crippen LogP contribution in [0.25, 0.3) is 5.65 Å². The van der Waals surface area contributed by atoms with Gasteiger partial charge in [-0.1, -0.05) is 18.2 Å². The Bertz CT molecular complexity index is 872. The summed E-state index contributed by atoms with van der Waals surface area (Å²) < 4.78 is 1.76. The number of amides is 1. The number of aromatic nitrogens is 2. The van der Waals surface area contributed by atoms with Crippen molar-refractivity contribution in [3.8, 4) is 0 Å². The molecule has 0 aliphatic carbocycles. The second kappa shape index (κ2) is 7.35. The predicted octanol–water partition coefficient (Wildman–Crippen LogP) is -2.06. The Kier molecular flexibility index (Phi) is 5.45. The Morgan fingerprint density at radius 2 is 2.04 bits per heavy atom. The maximum atomic E-state index is 12.2. The number of benzene rings is 1. The van der Waals surface area contributed by atoms with Crippen molar-refractivity contribution in [3.05, 3.63) is 71.2 Å². The van der Waals surface area contributed by atoms with Crippen LogP contribution in [0.3, 0.4) is 0 Å². The van der Waals surface area contributed by atoms with Gasteiger partial charge in [-0.2, -0.15) is 0 Å². The predicted molar refractivity (Wildman–Crippen MR) is 81.9 cm³/mol. The Morgan fingerprint density at radius 3 is 2.75 bits per heavy atom. The second-order valence-corrected chi connectivity index (χ2v) is 5.20. The van der Waals surface area contributed by atoms with Gasteiger partial charge in [-0.25, -0.2) is 4.98 Å². The molecular formula is C17H14LiN3O3. The Labute approximate surface area is 150 Å². The van der Waals surface area contributed by atoms with E-state index in [0.717, 1.165) is 11.1 Å². The van der Waals surface area contributed by atoms with Crippen molar-refractivity contribution >= 4 is 17.5 Å². The van der Waals surface area contributed by atoms with Crippen molar-refractivity contribution in [2.24, 2.45) is 0 Å². The number of nitrogens with zero attached hydrogens (tertiary/aromatic N) is 2. The van der Waals surface area contributed by atoms with E-state index in [1.807, 2.05) is 31.3 Å². The molecule has 1 aromatic carbocycles. The molecule has 2 heterocycles. The summed E-state index contributed by atoms with van der Waals surface area (Å²) in [5.74, 6) is -1.55. The topological polar surface area (TPSA) is 86.5 Å². The number of nitrogens with one attached hydrogen (secondary N) is 1. The van der Waals surface area contributed by atoms with E-state index in [0.29, 0.717) is 11.3 Å². The first kappa shape index (κ1) is 17.8. The van der Waals surface area contributed by atoms with Crippen molar-refractivity contribution in [1.29, 1.82) is 0 Å². The van der Waals surface area contributed by atoms with Crippen molar-refractivity contribution in [2.45, 2.75) is 13.5 Å². The number of carbonyl (C=O) groups is 2. The molecule has 2 aromatic heterocycles. The number of aromatic carboxylic acids is 1. The average molecular weight is 315 g/mol. The largest absolute Gasteiger partial charge is 1.00 e.